The van der Waals surface area contributed by atoms with E-state index in [0.717, 1.165) is 6.04 Å². The molecule has 0 radical (unpaired) electrons. The molecular weight excluding hydrogens is 206 g/mol. The Morgan fingerprint density at radius 2 is 1.71 bits per heavy atom. The van der Waals surface area contributed by atoms with Crippen molar-refractivity contribution in [2.75, 3.05) is 5.32 Å². The molecule has 92 valence electrons. The van der Waals surface area contributed by atoms with Gasteiger partial charge < -0.3 is 5.32 Å². The van der Waals surface area contributed by atoms with Gasteiger partial charge in [-0.25, -0.2) is 0 Å². The first-order valence-corrected chi connectivity index (χ1v) is 7.12. The lowest BCUT2D eigenvalue weighted by atomic mass is 9.57. The third kappa shape index (κ3) is 2.08. The second kappa shape index (κ2) is 4.36. The molecule has 0 aliphatic heterocycles. The predicted octanol–water partition coefficient (Wildman–Crippen LogP) is 4.52. The Bertz CT molecular complexity index is 373. The Morgan fingerprint density at radius 3 is 2.29 bits per heavy atom. The van der Waals surface area contributed by atoms with Crippen molar-refractivity contribution in [2.24, 2.45) is 5.41 Å². The molecule has 2 saturated carbocycles. The number of hydrogen-bond donors (Lipinski definition) is 1. The van der Waals surface area contributed by atoms with Gasteiger partial charge in [-0.15, -0.1) is 0 Å². The molecule has 1 aromatic carbocycles. The molecule has 1 heteroatoms. The molecule has 1 nitrogen and oxygen atoms in total. The maximum absolute atomic E-state index is 3.77. The van der Waals surface area contributed by atoms with E-state index in [2.05, 4.69) is 36.5 Å². The van der Waals surface area contributed by atoms with E-state index >= 15 is 0 Å². The molecule has 3 rings (SSSR count). The van der Waals surface area contributed by atoms with E-state index in [1.165, 1.54) is 56.2 Å². The first-order valence-electron chi connectivity index (χ1n) is 7.12. The summed E-state index contributed by atoms with van der Waals surface area (Å²) in [6.07, 6.45) is 10.1. The average Bonchev–Trinajstić information content (AvgIpc) is 2.38. The second-order valence-electron chi connectivity index (χ2n) is 6.02. The van der Waals surface area contributed by atoms with E-state index in [9.17, 15) is 0 Å². The van der Waals surface area contributed by atoms with Gasteiger partial charge in [0.15, 0.2) is 0 Å². The van der Waals surface area contributed by atoms with Crippen LogP contribution < -0.4 is 5.32 Å². The lowest BCUT2D eigenvalue weighted by molar-refractivity contribution is 0.0571. The molecule has 0 aromatic heterocycles. The van der Waals surface area contributed by atoms with Crippen LogP contribution in [0.5, 0.6) is 0 Å². The van der Waals surface area contributed by atoms with Gasteiger partial charge in [0.1, 0.15) is 0 Å². The van der Waals surface area contributed by atoms with E-state index in [-0.39, 0.29) is 0 Å². The molecule has 0 bridgehead atoms. The Kier molecular flexibility index (Phi) is 2.85. The maximum Gasteiger partial charge on any atom is 0.0342 e. The Labute approximate surface area is 105 Å². The number of benzene rings is 1. The summed E-state index contributed by atoms with van der Waals surface area (Å²) in [5.74, 6) is 0. The Balaban J connectivity index is 1.67. The van der Waals surface area contributed by atoms with Crippen molar-refractivity contribution in [3.05, 3.63) is 29.8 Å². The summed E-state index contributed by atoms with van der Waals surface area (Å²) in [5, 5.41) is 3.77. The van der Waals surface area contributed by atoms with Crippen LogP contribution in [0.4, 0.5) is 5.69 Å². The quantitative estimate of drug-likeness (QED) is 0.786. The van der Waals surface area contributed by atoms with Crippen molar-refractivity contribution in [1.82, 2.24) is 0 Å². The molecule has 0 saturated heterocycles. The SMILES string of the molecule is Cc1ccc(NC2CCC23CCCCC3)cc1. The Morgan fingerprint density at radius 1 is 1.00 bits per heavy atom. The highest BCUT2D eigenvalue weighted by molar-refractivity contribution is 5.46. The third-order valence-corrected chi connectivity index (χ3v) is 4.91. The smallest absolute Gasteiger partial charge is 0.0342 e. The molecule has 2 aliphatic rings. The van der Waals surface area contributed by atoms with Gasteiger partial charge in [-0.05, 0) is 50.2 Å². The summed E-state index contributed by atoms with van der Waals surface area (Å²) in [7, 11) is 0. The van der Waals surface area contributed by atoms with E-state index < -0.39 is 0 Å². The highest BCUT2D eigenvalue weighted by atomic mass is 15.0. The molecule has 1 aromatic rings. The lowest BCUT2D eigenvalue weighted by Gasteiger charge is -2.52. The van der Waals surface area contributed by atoms with Crippen LogP contribution in [-0.4, -0.2) is 6.04 Å². The first kappa shape index (κ1) is 11.1. The van der Waals surface area contributed by atoms with Gasteiger partial charge in [0, 0.05) is 11.7 Å². The van der Waals surface area contributed by atoms with Crippen molar-refractivity contribution in [1.29, 1.82) is 0 Å². The van der Waals surface area contributed by atoms with E-state index in [0.29, 0.717) is 5.41 Å². The molecule has 1 atom stereocenters. The van der Waals surface area contributed by atoms with Gasteiger partial charge in [-0.3, -0.25) is 0 Å². The van der Waals surface area contributed by atoms with Gasteiger partial charge in [0.25, 0.3) is 0 Å². The summed E-state index contributed by atoms with van der Waals surface area (Å²) >= 11 is 0. The van der Waals surface area contributed by atoms with Gasteiger partial charge >= 0.3 is 0 Å². The number of hydrogen-bond acceptors (Lipinski definition) is 1. The Hall–Kier alpha value is -0.980. The van der Waals surface area contributed by atoms with Crippen LogP contribution in [0.3, 0.4) is 0 Å². The van der Waals surface area contributed by atoms with Crippen molar-refractivity contribution < 1.29 is 0 Å². The average molecular weight is 229 g/mol. The topological polar surface area (TPSA) is 12.0 Å². The zero-order valence-corrected chi connectivity index (χ0v) is 10.8. The summed E-state index contributed by atoms with van der Waals surface area (Å²) in [6, 6.07) is 9.60. The van der Waals surface area contributed by atoms with Crippen LogP contribution in [0.2, 0.25) is 0 Å². The van der Waals surface area contributed by atoms with Crippen molar-refractivity contribution in [3.63, 3.8) is 0 Å². The maximum atomic E-state index is 3.77. The van der Waals surface area contributed by atoms with Crippen LogP contribution in [0, 0.1) is 12.3 Å². The molecule has 2 fully saturated rings. The molecule has 1 spiro atoms. The molecule has 0 heterocycles. The summed E-state index contributed by atoms with van der Waals surface area (Å²) in [6.45, 7) is 2.15. The first-order chi connectivity index (χ1) is 8.28. The minimum Gasteiger partial charge on any atom is -0.382 e. The van der Waals surface area contributed by atoms with Crippen LogP contribution in [0.15, 0.2) is 24.3 Å². The van der Waals surface area contributed by atoms with Crippen LogP contribution in [0.25, 0.3) is 0 Å². The van der Waals surface area contributed by atoms with Crippen LogP contribution in [0.1, 0.15) is 50.5 Å². The fourth-order valence-corrected chi connectivity index (χ4v) is 3.63. The molecule has 17 heavy (non-hydrogen) atoms. The number of nitrogens with one attached hydrogen (secondary N) is 1. The minimum atomic E-state index is 0.656. The highest BCUT2D eigenvalue weighted by Gasteiger charge is 2.46. The van der Waals surface area contributed by atoms with Gasteiger partial charge in [0.05, 0.1) is 0 Å². The number of anilines is 1. The van der Waals surface area contributed by atoms with Crippen molar-refractivity contribution in [3.8, 4) is 0 Å². The molecule has 2 aliphatic carbocycles. The summed E-state index contributed by atoms with van der Waals surface area (Å²) < 4.78 is 0. The molecule has 1 N–H and O–H groups in total. The van der Waals surface area contributed by atoms with Crippen LogP contribution >= 0.6 is 0 Å². The van der Waals surface area contributed by atoms with Gasteiger partial charge in [0.2, 0.25) is 0 Å². The highest BCUT2D eigenvalue weighted by Crippen LogP contribution is 2.52. The zero-order chi connectivity index (χ0) is 11.7. The van der Waals surface area contributed by atoms with Gasteiger partial charge in [-0.1, -0.05) is 37.0 Å². The van der Waals surface area contributed by atoms with E-state index in [4.69, 9.17) is 0 Å². The normalized spacial score (nSPS) is 26.5. The predicted molar refractivity (Wildman–Crippen MR) is 73.3 cm³/mol. The molecule has 0 amide bonds. The fraction of sp³-hybridized carbons (Fsp3) is 0.625. The number of rotatable bonds is 2. The summed E-state index contributed by atoms with van der Waals surface area (Å²) in [5.41, 5.74) is 3.31. The molecular formula is C16H23N. The second-order valence-corrected chi connectivity index (χ2v) is 6.02. The minimum absolute atomic E-state index is 0.656. The van der Waals surface area contributed by atoms with Crippen molar-refractivity contribution >= 4 is 5.69 Å². The molecule has 1 unspecified atom stereocenters. The largest absolute Gasteiger partial charge is 0.382 e. The lowest BCUT2D eigenvalue weighted by Crippen LogP contribution is -2.50. The van der Waals surface area contributed by atoms with E-state index in [1.54, 1.807) is 0 Å². The van der Waals surface area contributed by atoms with Crippen LogP contribution in [-0.2, 0) is 0 Å². The van der Waals surface area contributed by atoms with Gasteiger partial charge in [-0.2, -0.15) is 0 Å². The summed E-state index contributed by atoms with van der Waals surface area (Å²) in [4.78, 5) is 0. The standard InChI is InChI=1S/C16H23N/c1-13-5-7-14(8-6-13)17-15-9-12-16(15)10-3-2-4-11-16/h5-8,15,17H,2-4,9-12H2,1H3. The van der Waals surface area contributed by atoms with Crippen molar-refractivity contribution in [2.45, 2.75) is 57.9 Å². The number of aryl methyl sites for hydroxylation is 1. The monoisotopic (exact) mass is 229 g/mol. The third-order valence-electron chi connectivity index (χ3n) is 4.91. The fourth-order valence-electron chi connectivity index (χ4n) is 3.63. The zero-order valence-electron chi connectivity index (χ0n) is 10.8. The van der Waals surface area contributed by atoms with E-state index in [1.807, 2.05) is 0 Å².